The van der Waals surface area contributed by atoms with Crippen LogP contribution < -0.4 is 5.32 Å². The van der Waals surface area contributed by atoms with Crippen LogP contribution in [0.5, 0.6) is 0 Å². The number of aliphatic hydroxyl groups excluding tert-OH is 3. The highest BCUT2D eigenvalue weighted by Crippen LogP contribution is 2.25. The smallest absolute Gasteiger partial charge is 0.390 e. The van der Waals surface area contributed by atoms with Crippen molar-refractivity contribution in [2.75, 3.05) is 6.61 Å². The molecule has 1 aliphatic heterocycles. The lowest BCUT2D eigenvalue weighted by atomic mass is 9.96. The number of amides is 1. The predicted octanol–water partition coefficient (Wildman–Crippen LogP) is -1.53. The first kappa shape index (κ1) is 21.2. The fraction of sp³-hybridized carbons (Fsp3) is 0.643. The van der Waals surface area contributed by atoms with Crippen molar-refractivity contribution >= 4 is 5.91 Å². The van der Waals surface area contributed by atoms with Crippen molar-refractivity contribution in [3.63, 3.8) is 0 Å². The molecule has 1 aliphatic rings. The monoisotopic (exact) mass is 396 g/mol. The second-order valence-electron chi connectivity index (χ2n) is 5.73. The van der Waals surface area contributed by atoms with Gasteiger partial charge in [0.2, 0.25) is 0 Å². The summed E-state index contributed by atoms with van der Waals surface area (Å²) < 4.78 is 49.4. The number of alkyl halides is 3. The van der Waals surface area contributed by atoms with E-state index in [1.165, 1.54) is 17.0 Å². The van der Waals surface area contributed by atoms with Gasteiger partial charge in [-0.2, -0.15) is 13.2 Å². The first-order valence-corrected chi connectivity index (χ1v) is 7.79. The van der Waals surface area contributed by atoms with E-state index in [0.29, 0.717) is 0 Å². The second-order valence-corrected chi connectivity index (χ2v) is 5.73. The highest BCUT2D eigenvalue weighted by atomic mass is 19.4. The van der Waals surface area contributed by atoms with Crippen LogP contribution in [0.15, 0.2) is 18.9 Å². The van der Waals surface area contributed by atoms with Crippen molar-refractivity contribution in [2.24, 2.45) is 0 Å². The van der Waals surface area contributed by atoms with Gasteiger partial charge in [-0.1, -0.05) is 11.3 Å². The van der Waals surface area contributed by atoms with Crippen molar-refractivity contribution in [1.29, 1.82) is 0 Å². The zero-order chi connectivity index (χ0) is 20.2. The Labute approximate surface area is 151 Å². The van der Waals surface area contributed by atoms with Crippen LogP contribution in [0, 0.1) is 0 Å². The van der Waals surface area contributed by atoms with Gasteiger partial charge >= 0.3 is 12.1 Å². The van der Waals surface area contributed by atoms with Crippen LogP contribution in [0.2, 0.25) is 0 Å². The number of carbonyl (C=O) groups is 1. The topological polar surface area (TPSA) is 139 Å². The molecule has 27 heavy (non-hydrogen) atoms. The summed E-state index contributed by atoms with van der Waals surface area (Å²) in [4.78, 5) is 11.2. The molecule has 0 saturated carbocycles. The summed E-state index contributed by atoms with van der Waals surface area (Å²) in [5, 5.41) is 38.3. The summed E-state index contributed by atoms with van der Waals surface area (Å²) >= 11 is 0. The van der Waals surface area contributed by atoms with Gasteiger partial charge in [0, 0.05) is 0 Å². The van der Waals surface area contributed by atoms with Crippen LogP contribution in [0.1, 0.15) is 5.69 Å². The molecule has 1 aromatic rings. The number of hydrogen-bond acceptors (Lipinski definition) is 8. The number of hydrogen-bond donors (Lipinski definition) is 4. The Morgan fingerprint density at radius 3 is 2.70 bits per heavy atom. The Bertz CT molecular complexity index is 655. The summed E-state index contributed by atoms with van der Waals surface area (Å²) in [6, 6.07) is -1.67. The summed E-state index contributed by atoms with van der Waals surface area (Å²) in [7, 11) is 0. The first-order valence-electron chi connectivity index (χ1n) is 7.79. The van der Waals surface area contributed by atoms with Gasteiger partial charge in [-0.05, 0) is 0 Å². The van der Waals surface area contributed by atoms with Gasteiger partial charge in [0.05, 0.1) is 26.0 Å². The predicted molar refractivity (Wildman–Crippen MR) is 80.8 cm³/mol. The Morgan fingerprint density at radius 1 is 1.44 bits per heavy atom. The normalized spacial score (nSPS) is 28.7. The summed E-state index contributed by atoms with van der Waals surface area (Å²) in [5.41, 5.74) is 0.246. The number of aromatic nitrogens is 3. The molecule has 0 radical (unpaired) electrons. The van der Waals surface area contributed by atoms with E-state index in [4.69, 9.17) is 14.6 Å². The Balaban J connectivity index is 2.15. The van der Waals surface area contributed by atoms with E-state index in [-0.39, 0.29) is 25.5 Å². The van der Waals surface area contributed by atoms with Crippen LogP contribution in [-0.4, -0.2) is 79.6 Å². The molecule has 152 valence electrons. The molecule has 0 aromatic carbocycles. The molecule has 0 aliphatic carbocycles. The third-order valence-electron chi connectivity index (χ3n) is 3.75. The zero-order valence-corrected chi connectivity index (χ0v) is 13.9. The average molecular weight is 396 g/mol. The minimum atomic E-state index is -5.19. The van der Waals surface area contributed by atoms with E-state index in [1.54, 1.807) is 5.32 Å². The molecule has 0 unspecified atom stereocenters. The highest BCUT2D eigenvalue weighted by Gasteiger charge is 2.49. The van der Waals surface area contributed by atoms with Crippen molar-refractivity contribution < 1.29 is 42.8 Å². The molecule has 0 bridgehead atoms. The summed E-state index contributed by atoms with van der Waals surface area (Å²) in [5.74, 6) is -2.31. The molecule has 5 atom stereocenters. The van der Waals surface area contributed by atoms with Crippen molar-refractivity contribution in [2.45, 2.75) is 50.0 Å². The number of nitrogens with one attached hydrogen (secondary N) is 1. The Hall–Kier alpha value is -2.06. The number of halogens is 3. The van der Waals surface area contributed by atoms with E-state index >= 15 is 0 Å². The molecule has 10 nitrogen and oxygen atoms in total. The molecular formula is C14H19F3N4O6. The quantitative estimate of drug-likeness (QED) is 0.407. The molecule has 2 rings (SSSR count). The minimum absolute atomic E-state index is 0.140. The number of ether oxygens (including phenoxy) is 2. The Kier molecular flexibility index (Phi) is 6.89. The molecule has 1 aromatic heterocycles. The van der Waals surface area contributed by atoms with Gasteiger partial charge in [0.1, 0.15) is 30.0 Å². The van der Waals surface area contributed by atoms with E-state index in [1.807, 2.05) is 0 Å². The molecule has 13 heteroatoms. The molecule has 1 saturated heterocycles. The lowest BCUT2D eigenvalue weighted by Crippen LogP contribution is -2.65. The minimum Gasteiger partial charge on any atom is -0.390 e. The van der Waals surface area contributed by atoms with Gasteiger partial charge in [-0.15, -0.1) is 11.7 Å². The zero-order valence-electron chi connectivity index (χ0n) is 13.9. The summed E-state index contributed by atoms with van der Waals surface area (Å²) in [6.07, 6.45) is -8.63. The van der Waals surface area contributed by atoms with Gasteiger partial charge in [0.25, 0.3) is 0 Å². The molecule has 0 spiro atoms. The maximum atomic E-state index is 12.5. The van der Waals surface area contributed by atoms with E-state index < -0.39 is 42.7 Å². The number of aliphatic hydroxyl groups is 3. The van der Waals surface area contributed by atoms with Crippen molar-refractivity contribution in [3.8, 4) is 0 Å². The van der Waals surface area contributed by atoms with Crippen molar-refractivity contribution in [3.05, 3.63) is 24.5 Å². The van der Waals surface area contributed by atoms with E-state index in [9.17, 15) is 28.2 Å². The molecule has 1 fully saturated rings. The van der Waals surface area contributed by atoms with Crippen LogP contribution in [0.3, 0.4) is 0 Å². The maximum absolute atomic E-state index is 12.5. The van der Waals surface area contributed by atoms with E-state index in [0.717, 1.165) is 0 Å². The standard InChI is InChI=1S/C14H19F3N4O6/c1-2-3-26-12-9(18-13(25)14(15,16)17)11(24)10(23)8(27-12)5-21-4-7(6-22)19-20-21/h2,4,8-12,22-24H,1,3,5-6H2,(H,18,25)/t8-,9-,10+,11-,12+/m1/s1. The lowest BCUT2D eigenvalue weighted by Gasteiger charge is -2.42. The largest absolute Gasteiger partial charge is 0.471 e. The molecule has 4 N–H and O–H groups in total. The molecule has 1 amide bonds. The molecule has 2 heterocycles. The first-order chi connectivity index (χ1) is 12.7. The fourth-order valence-corrected chi connectivity index (χ4v) is 2.46. The fourth-order valence-electron chi connectivity index (χ4n) is 2.46. The van der Waals surface area contributed by atoms with Gasteiger partial charge in [0.15, 0.2) is 6.29 Å². The van der Waals surface area contributed by atoms with Crippen LogP contribution in [0.25, 0.3) is 0 Å². The number of rotatable bonds is 7. The van der Waals surface area contributed by atoms with Crippen molar-refractivity contribution in [1.82, 2.24) is 20.3 Å². The molecular weight excluding hydrogens is 377 g/mol. The number of carbonyl (C=O) groups excluding carboxylic acids is 1. The summed E-state index contributed by atoms with van der Waals surface area (Å²) in [6.45, 7) is 2.75. The van der Waals surface area contributed by atoms with Gasteiger partial charge in [-0.25, -0.2) is 4.68 Å². The van der Waals surface area contributed by atoms with Crippen LogP contribution in [0.4, 0.5) is 13.2 Å². The van der Waals surface area contributed by atoms with Gasteiger partial charge < -0.3 is 30.1 Å². The average Bonchev–Trinajstić information content (AvgIpc) is 3.06. The third kappa shape index (κ3) is 5.23. The maximum Gasteiger partial charge on any atom is 0.471 e. The van der Waals surface area contributed by atoms with Crippen LogP contribution >= 0.6 is 0 Å². The number of nitrogens with zero attached hydrogens (tertiary/aromatic N) is 3. The lowest BCUT2D eigenvalue weighted by molar-refractivity contribution is -0.266. The Morgan fingerprint density at radius 2 is 2.15 bits per heavy atom. The highest BCUT2D eigenvalue weighted by molar-refractivity contribution is 5.82. The van der Waals surface area contributed by atoms with E-state index in [2.05, 4.69) is 16.9 Å². The third-order valence-corrected chi connectivity index (χ3v) is 3.75. The second kappa shape index (κ2) is 8.75. The van der Waals surface area contributed by atoms with Gasteiger partial charge in [-0.3, -0.25) is 4.79 Å². The van der Waals surface area contributed by atoms with Crippen LogP contribution in [-0.2, 0) is 27.4 Å². The SMILES string of the molecule is C=CCO[C@H]1O[C@H](Cn2cc(CO)nn2)[C@H](O)[C@H](O)[C@H]1NC(=O)C(F)(F)F.